The number of halogens is 1. The van der Waals surface area contributed by atoms with Crippen molar-refractivity contribution in [2.24, 2.45) is 11.1 Å². The molecule has 0 aliphatic carbocycles. The van der Waals surface area contributed by atoms with Gasteiger partial charge in [-0.1, -0.05) is 17.7 Å². The van der Waals surface area contributed by atoms with Crippen LogP contribution in [0.15, 0.2) is 36.7 Å². The number of H-pyrrole nitrogens is 1. The van der Waals surface area contributed by atoms with Crippen LogP contribution in [0.2, 0.25) is 5.02 Å². The van der Waals surface area contributed by atoms with Crippen LogP contribution in [0, 0.1) is 5.41 Å². The molecule has 2 heterocycles. The number of aromatic nitrogens is 2. The molecule has 3 N–H and O–H groups in total. The normalized spacial score (nSPS) is 19.1. The van der Waals surface area contributed by atoms with E-state index in [0.29, 0.717) is 36.9 Å². The highest BCUT2D eigenvalue weighted by atomic mass is 35.5. The van der Waals surface area contributed by atoms with Gasteiger partial charge < -0.3 is 15.4 Å². The number of carbonyl (C=O) groups is 2. The summed E-state index contributed by atoms with van der Waals surface area (Å²) in [7, 11) is 0. The molecule has 1 aliphatic rings. The molecule has 2 aromatic rings. The molecule has 1 fully saturated rings. The first-order chi connectivity index (χ1) is 14.0. The number of amides is 2. The molecule has 0 spiro atoms. The fourth-order valence-electron chi connectivity index (χ4n) is 3.91. The van der Waals surface area contributed by atoms with Gasteiger partial charge in [-0.25, -0.2) is 0 Å². The molecule has 0 bridgehead atoms. The summed E-state index contributed by atoms with van der Waals surface area (Å²) in [4.78, 5) is 26.3. The Labute approximate surface area is 175 Å². The Morgan fingerprint density at radius 1 is 1.38 bits per heavy atom. The summed E-state index contributed by atoms with van der Waals surface area (Å²) in [5.74, 6) is 0.364. The molecule has 1 atom stereocenters. The van der Waals surface area contributed by atoms with Crippen molar-refractivity contribution in [3.63, 3.8) is 0 Å². The quantitative estimate of drug-likeness (QED) is 0.653. The lowest BCUT2D eigenvalue weighted by atomic mass is 9.77. The zero-order valence-electron chi connectivity index (χ0n) is 16.4. The number of likely N-dealkylation sites (tertiary alicyclic amines) is 1. The summed E-state index contributed by atoms with van der Waals surface area (Å²) in [5, 5.41) is 7.29. The van der Waals surface area contributed by atoms with Crippen molar-refractivity contribution >= 4 is 23.4 Å². The van der Waals surface area contributed by atoms with Gasteiger partial charge >= 0.3 is 0 Å². The highest BCUT2D eigenvalue weighted by molar-refractivity contribution is 6.30. The molecule has 3 rings (SSSR count). The summed E-state index contributed by atoms with van der Waals surface area (Å²) < 4.78 is 5.95. The van der Waals surface area contributed by atoms with E-state index in [1.807, 2.05) is 23.2 Å². The average molecular weight is 419 g/mol. The number of rotatable bonds is 9. The highest BCUT2D eigenvalue weighted by Gasteiger charge is 2.39. The Balaban J connectivity index is 1.60. The maximum atomic E-state index is 12.7. The van der Waals surface area contributed by atoms with E-state index in [1.54, 1.807) is 18.3 Å². The van der Waals surface area contributed by atoms with Crippen molar-refractivity contribution in [1.29, 1.82) is 0 Å². The summed E-state index contributed by atoms with van der Waals surface area (Å²) in [6, 6.07) is 7.15. The number of aryl methyl sites for hydroxylation is 1. The van der Waals surface area contributed by atoms with Crippen LogP contribution in [0.25, 0.3) is 0 Å². The number of nitrogens with two attached hydrogens (primary N) is 1. The number of hydrogen-bond acceptors (Lipinski definition) is 4. The van der Waals surface area contributed by atoms with E-state index in [2.05, 4.69) is 10.2 Å². The number of benzene rings is 1. The molecule has 2 amide bonds. The summed E-state index contributed by atoms with van der Waals surface area (Å²) >= 11 is 6.02. The predicted molar refractivity (Wildman–Crippen MR) is 111 cm³/mol. The third-order valence-corrected chi connectivity index (χ3v) is 5.55. The Bertz CT molecular complexity index is 827. The molecule has 1 aromatic carbocycles. The maximum Gasteiger partial charge on any atom is 0.222 e. The summed E-state index contributed by atoms with van der Waals surface area (Å²) in [5.41, 5.74) is 6.14. The minimum absolute atomic E-state index is 0.102. The van der Waals surface area contributed by atoms with E-state index in [0.717, 1.165) is 31.2 Å². The number of primary amides is 1. The minimum Gasteiger partial charge on any atom is -0.493 e. The van der Waals surface area contributed by atoms with E-state index >= 15 is 0 Å². The van der Waals surface area contributed by atoms with Crippen molar-refractivity contribution in [2.75, 3.05) is 19.7 Å². The van der Waals surface area contributed by atoms with E-state index < -0.39 is 5.41 Å². The Kier molecular flexibility index (Phi) is 7.14. The van der Waals surface area contributed by atoms with E-state index in [1.165, 1.54) is 0 Å². The lowest BCUT2D eigenvalue weighted by Crippen LogP contribution is -2.50. The number of ether oxygens (including phenoxy) is 1. The monoisotopic (exact) mass is 418 g/mol. The molecule has 1 unspecified atom stereocenters. The average Bonchev–Trinajstić information content (AvgIpc) is 3.20. The first kappa shape index (κ1) is 21.2. The predicted octanol–water partition coefficient (Wildman–Crippen LogP) is 2.95. The fourth-order valence-corrected chi connectivity index (χ4v) is 4.09. The van der Waals surface area contributed by atoms with Crippen LogP contribution in [-0.4, -0.2) is 46.6 Å². The van der Waals surface area contributed by atoms with Gasteiger partial charge in [-0.2, -0.15) is 5.10 Å². The molecule has 1 aliphatic heterocycles. The molecule has 7 nitrogen and oxygen atoms in total. The Hall–Kier alpha value is -2.54. The molecule has 29 heavy (non-hydrogen) atoms. The molecule has 1 saturated heterocycles. The second kappa shape index (κ2) is 9.78. The van der Waals surface area contributed by atoms with Gasteiger partial charge in [0.15, 0.2) is 0 Å². The zero-order valence-corrected chi connectivity index (χ0v) is 17.2. The van der Waals surface area contributed by atoms with Gasteiger partial charge in [-0.15, -0.1) is 0 Å². The van der Waals surface area contributed by atoms with E-state index in [4.69, 9.17) is 22.1 Å². The molecule has 1 aromatic heterocycles. The van der Waals surface area contributed by atoms with Crippen LogP contribution in [0.5, 0.6) is 5.75 Å². The number of piperidine rings is 1. The standard InChI is InChI=1S/C21H27ClN4O3/c22-17-5-2-6-18(10-17)29-15-21(11-19(23)27)8-3-9-26(14-21)20(28)7-1-4-16-12-24-25-13-16/h2,5-6,10,12-13H,1,3-4,7-9,11,14-15H2,(H2,23,27)(H,24,25). The van der Waals surface area contributed by atoms with Crippen LogP contribution >= 0.6 is 11.6 Å². The van der Waals surface area contributed by atoms with Crippen LogP contribution in [0.4, 0.5) is 0 Å². The molecule has 0 saturated carbocycles. The molecular weight excluding hydrogens is 392 g/mol. The maximum absolute atomic E-state index is 12.7. The van der Waals surface area contributed by atoms with Gasteiger partial charge in [0.1, 0.15) is 5.75 Å². The number of nitrogens with zero attached hydrogens (tertiary/aromatic N) is 2. The largest absolute Gasteiger partial charge is 0.493 e. The van der Waals surface area contributed by atoms with E-state index in [9.17, 15) is 9.59 Å². The van der Waals surface area contributed by atoms with E-state index in [-0.39, 0.29) is 18.2 Å². The lowest BCUT2D eigenvalue weighted by Gasteiger charge is -2.42. The minimum atomic E-state index is -0.480. The van der Waals surface area contributed by atoms with Crippen LogP contribution in [0.3, 0.4) is 0 Å². The third kappa shape index (κ3) is 6.22. The molecule has 0 radical (unpaired) electrons. The third-order valence-electron chi connectivity index (χ3n) is 5.32. The zero-order chi connectivity index (χ0) is 20.7. The van der Waals surface area contributed by atoms with Crippen LogP contribution < -0.4 is 10.5 Å². The van der Waals surface area contributed by atoms with Gasteiger partial charge in [-0.05, 0) is 49.4 Å². The number of carbonyl (C=O) groups excluding carboxylic acids is 2. The van der Waals surface area contributed by atoms with Crippen LogP contribution in [0.1, 0.15) is 37.7 Å². The van der Waals surface area contributed by atoms with Crippen molar-refractivity contribution in [3.8, 4) is 5.75 Å². The summed E-state index contributed by atoms with van der Waals surface area (Å²) in [6.07, 6.45) is 7.44. The number of nitrogens with one attached hydrogen (secondary N) is 1. The van der Waals surface area contributed by atoms with Gasteiger partial charge in [-0.3, -0.25) is 14.7 Å². The van der Waals surface area contributed by atoms with Crippen molar-refractivity contribution < 1.29 is 14.3 Å². The van der Waals surface area contributed by atoms with Gasteiger partial charge in [0.25, 0.3) is 0 Å². The molecular formula is C21H27ClN4O3. The van der Waals surface area contributed by atoms with Gasteiger partial charge in [0, 0.05) is 42.6 Å². The number of aromatic amines is 1. The van der Waals surface area contributed by atoms with Gasteiger partial charge in [0.2, 0.25) is 11.8 Å². The second-order valence-corrected chi connectivity index (χ2v) is 8.20. The highest BCUT2D eigenvalue weighted by Crippen LogP contribution is 2.35. The first-order valence-electron chi connectivity index (χ1n) is 9.88. The molecule has 8 heteroatoms. The Morgan fingerprint density at radius 2 is 2.24 bits per heavy atom. The molecule has 156 valence electrons. The number of hydrogen-bond donors (Lipinski definition) is 2. The fraction of sp³-hybridized carbons (Fsp3) is 0.476. The van der Waals surface area contributed by atoms with Crippen molar-refractivity contribution in [2.45, 2.75) is 38.5 Å². The first-order valence-corrected chi connectivity index (χ1v) is 10.3. The summed E-state index contributed by atoms with van der Waals surface area (Å²) in [6.45, 7) is 1.48. The lowest BCUT2D eigenvalue weighted by molar-refractivity contribution is -0.137. The smallest absolute Gasteiger partial charge is 0.222 e. The van der Waals surface area contributed by atoms with Crippen LogP contribution in [-0.2, 0) is 16.0 Å². The van der Waals surface area contributed by atoms with Crippen molar-refractivity contribution in [1.82, 2.24) is 15.1 Å². The van der Waals surface area contributed by atoms with Crippen molar-refractivity contribution in [3.05, 3.63) is 47.2 Å². The topological polar surface area (TPSA) is 101 Å². The Morgan fingerprint density at radius 3 is 2.97 bits per heavy atom. The second-order valence-electron chi connectivity index (χ2n) is 7.77. The SMILES string of the molecule is NC(=O)CC1(COc2cccc(Cl)c2)CCCN(C(=O)CCCc2cn[nH]c2)C1. The van der Waals surface area contributed by atoms with Gasteiger partial charge in [0.05, 0.1) is 12.8 Å².